The Labute approximate surface area is 176 Å². The number of carbonyl (C=O) groups excluding carboxylic acids is 2. The maximum Gasteiger partial charge on any atom is 0.220 e. The maximum absolute atomic E-state index is 13.3. The SMILES string of the molecule is C=C1C(=O)[C@@]23CC[C@H](C(=C)C)[C@@](C)(CCC(=O)NC4CCCCC4)[C@@H]2CC[C@@H]1C3. The molecule has 0 saturated heterocycles. The summed E-state index contributed by atoms with van der Waals surface area (Å²) in [6.45, 7) is 13.0. The molecule has 4 fully saturated rings. The van der Waals surface area contributed by atoms with Crippen LogP contribution in [0, 0.1) is 28.6 Å². The normalized spacial score (nSPS) is 39.9. The average Bonchev–Trinajstić information content (AvgIpc) is 2.87. The lowest BCUT2D eigenvalue weighted by atomic mass is 9.46. The summed E-state index contributed by atoms with van der Waals surface area (Å²) >= 11 is 0. The van der Waals surface area contributed by atoms with E-state index < -0.39 is 0 Å². The fourth-order valence-corrected chi connectivity index (χ4v) is 7.79. The Bertz CT molecular complexity index is 718. The molecule has 160 valence electrons. The lowest BCUT2D eigenvalue weighted by molar-refractivity contribution is -0.141. The Balaban J connectivity index is 1.52. The van der Waals surface area contributed by atoms with Crippen LogP contribution in [0.1, 0.15) is 90.9 Å². The number of rotatable bonds is 5. The van der Waals surface area contributed by atoms with E-state index in [4.69, 9.17) is 0 Å². The molecular formula is C26H39NO2. The summed E-state index contributed by atoms with van der Waals surface area (Å²) in [6, 6.07) is 0.369. The van der Waals surface area contributed by atoms with Crippen LogP contribution in [-0.4, -0.2) is 17.7 Å². The van der Waals surface area contributed by atoms with E-state index in [9.17, 15) is 9.59 Å². The highest BCUT2D eigenvalue weighted by atomic mass is 16.1. The van der Waals surface area contributed by atoms with Crippen molar-refractivity contribution in [3.63, 3.8) is 0 Å². The van der Waals surface area contributed by atoms with Gasteiger partial charge in [-0.2, -0.15) is 0 Å². The van der Waals surface area contributed by atoms with Gasteiger partial charge in [0.1, 0.15) is 0 Å². The van der Waals surface area contributed by atoms with E-state index in [0.29, 0.717) is 36.0 Å². The van der Waals surface area contributed by atoms with Crippen molar-refractivity contribution >= 4 is 11.7 Å². The molecule has 3 heteroatoms. The topological polar surface area (TPSA) is 46.2 Å². The van der Waals surface area contributed by atoms with Crippen molar-refractivity contribution in [3.05, 3.63) is 24.3 Å². The van der Waals surface area contributed by atoms with Gasteiger partial charge in [0.15, 0.2) is 5.78 Å². The second-order valence-electron chi connectivity index (χ2n) is 10.9. The van der Waals surface area contributed by atoms with Crippen LogP contribution in [0.5, 0.6) is 0 Å². The van der Waals surface area contributed by atoms with E-state index in [-0.39, 0.29) is 16.7 Å². The predicted molar refractivity (Wildman–Crippen MR) is 117 cm³/mol. The first-order valence-electron chi connectivity index (χ1n) is 12.0. The zero-order valence-electron chi connectivity index (χ0n) is 18.5. The zero-order chi connectivity index (χ0) is 20.8. The second-order valence-corrected chi connectivity index (χ2v) is 10.9. The Hall–Kier alpha value is -1.38. The monoisotopic (exact) mass is 397 g/mol. The van der Waals surface area contributed by atoms with Crippen LogP contribution in [0.3, 0.4) is 0 Å². The Kier molecular flexibility index (Phi) is 5.55. The molecule has 0 radical (unpaired) electrons. The number of hydrogen-bond acceptors (Lipinski definition) is 2. The molecule has 0 aromatic carbocycles. The molecule has 4 aliphatic rings. The summed E-state index contributed by atoms with van der Waals surface area (Å²) in [5.41, 5.74) is 1.87. The lowest BCUT2D eigenvalue weighted by Gasteiger charge is -2.57. The molecular weight excluding hydrogens is 358 g/mol. The van der Waals surface area contributed by atoms with Gasteiger partial charge in [-0.05, 0) is 87.0 Å². The van der Waals surface area contributed by atoms with Gasteiger partial charge in [0.05, 0.1) is 0 Å². The number of amides is 1. The second kappa shape index (κ2) is 7.71. The highest BCUT2D eigenvalue weighted by molar-refractivity contribution is 6.03. The zero-order valence-corrected chi connectivity index (χ0v) is 18.5. The number of hydrogen-bond donors (Lipinski definition) is 1. The standard InChI is InChI=1S/C26H39NO2/c1-17(2)21-12-15-26-16-19(18(3)24(26)29)10-11-22(26)25(21,4)14-13-23(28)27-20-8-6-5-7-9-20/h19-22H,1,3,5-16H2,2,4H3,(H,27,28)/t19-,21-,22+,25-,26-/m1/s1. The fraction of sp³-hybridized carbons (Fsp3) is 0.769. The van der Waals surface area contributed by atoms with Crippen molar-refractivity contribution in [2.24, 2.45) is 28.6 Å². The van der Waals surface area contributed by atoms with Crippen molar-refractivity contribution in [2.45, 2.75) is 96.9 Å². The van der Waals surface area contributed by atoms with Gasteiger partial charge in [0.25, 0.3) is 0 Å². The fourth-order valence-electron chi connectivity index (χ4n) is 7.79. The molecule has 1 spiro atoms. The van der Waals surface area contributed by atoms with Crippen molar-refractivity contribution in [3.8, 4) is 0 Å². The molecule has 0 heterocycles. The lowest BCUT2D eigenvalue weighted by Crippen LogP contribution is -2.53. The number of carbonyl (C=O) groups is 2. The third-order valence-electron chi connectivity index (χ3n) is 9.25. The molecule has 4 saturated carbocycles. The number of nitrogens with one attached hydrogen (secondary N) is 1. The maximum atomic E-state index is 13.3. The highest BCUT2D eigenvalue weighted by Crippen LogP contribution is 2.67. The van der Waals surface area contributed by atoms with E-state index in [1.165, 1.54) is 24.8 Å². The Morgan fingerprint density at radius 1 is 1.14 bits per heavy atom. The molecule has 3 nitrogen and oxygen atoms in total. The minimum Gasteiger partial charge on any atom is -0.353 e. The molecule has 4 rings (SSSR count). The summed E-state index contributed by atoms with van der Waals surface area (Å²) in [4.78, 5) is 26.1. The summed E-state index contributed by atoms with van der Waals surface area (Å²) in [6.07, 6.45) is 12.6. The van der Waals surface area contributed by atoms with Crippen LogP contribution >= 0.6 is 0 Å². The van der Waals surface area contributed by atoms with Crippen molar-refractivity contribution in [1.82, 2.24) is 5.32 Å². The van der Waals surface area contributed by atoms with Crippen molar-refractivity contribution < 1.29 is 9.59 Å². The van der Waals surface area contributed by atoms with Crippen LogP contribution in [-0.2, 0) is 9.59 Å². The van der Waals surface area contributed by atoms with Crippen LogP contribution in [0.4, 0.5) is 0 Å². The number of fused-ring (bicyclic) bond motifs is 1. The first kappa shape index (κ1) is 20.9. The quantitative estimate of drug-likeness (QED) is 0.474. The van der Waals surface area contributed by atoms with Gasteiger partial charge in [0, 0.05) is 17.9 Å². The summed E-state index contributed by atoms with van der Waals surface area (Å²) in [7, 11) is 0. The molecule has 5 atom stereocenters. The minimum absolute atomic E-state index is 0.0285. The van der Waals surface area contributed by atoms with Gasteiger partial charge < -0.3 is 5.32 Å². The summed E-state index contributed by atoms with van der Waals surface area (Å²) in [5, 5.41) is 3.30. The largest absolute Gasteiger partial charge is 0.353 e. The van der Waals surface area contributed by atoms with Gasteiger partial charge in [-0.3, -0.25) is 9.59 Å². The average molecular weight is 398 g/mol. The molecule has 0 aliphatic heterocycles. The molecule has 29 heavy (non-hydrogen) atoms. The first-order chi connectivity index (χ1) is 13.8. The summed E-state index contributed by atoms with van der Waals surface area (Å²) < 4.78 is 0. The number of allylic oxidation sites excluding steroid dienone is 2. The smallest absolute Gasteiger partial charge is 0.220 e. The molecule has 1 amide bonds. The van der Waals surface area contributed by atoms with Crippen LogP contribution < -0.4 is 5.32 Å². The van der Waals surface area contributed by atoms with E-state index >= 15 is 0 Å². The van der Waals surface area contributed by atoms with Crippen LogP contribution in [0.2, 0.25) is 0 Å². The van der Waals surface area contributed by atoms with Crippen LogP contribution in [0.25, 0.3) is 0 Å². The van der Waals surface area contributed by atoms with Crippen LogP contribution in [0.15, 0.2) is 24.3 Å². The van der Waals surface area contributed by atoms with E-state index in [1.807, 2.05) is 0 Å². The van der Waals surface area contributed by atoms with Gasteiger partial charge in [-0.25, -0.2) is 0 Å². The molecule has 4 aliphatic carbocycles. The third kappa shape index (κ3) is 3.43. The molecule has 2 bridgehead atoms. The first-order valence-corrected chi connectivity index (χ1v) is 12.0. The van der Waals surface area contributed by atoms with Gasteiger partial charge in [-0.1, -0.05) is 44.9 Å². The Morgan fingerprint density at radius 3 is 2.55 bits per heavy atom. The molecule has 0 aromatic rings. The van der Waals surface area contributed by atoms with Crippen molar-refractivity contribution in [2.75, 3.05) is 0 Å². The van der Waals surface area contributed by atoms with E-state index in [1.54, 1.807) is 0 Å². The van der Waals surface area contributed by atoms with Gasteiger partial charge >= 0.3 is 0 Å². The van der Waals surface area contributed by atoms with E-state index in [2.05, 4.69) is 32.3 Å². The van der Waals surface area contributed by atoms with E-state index in [0.717, 1.165) is 56.9 Å². The molecule has 1 N–H and O–H groups in total. The third-order valence-corrected chi connectivity index (χ3v) is 9.25. The predicted octanol–water partition coefficient (Wildman–Crippen LogP) is 5.75. The van der Waals surface area contributed by atoms with Gasteiger partial charge in [0.2, 0.25) is 5.91 Å². The number of ketones is 1. The molecule has 0 aromatic heterocycles. The minimum atomic E-state index is -0.208. The molecule has 0 unspecified atom stereocenters. The van der Waals surface area contributed by atoms with Gasteiger partial charge in [-0.15, -0.1) is 0 Å². The number of Topliss-reactive ketones (excluding diaryl/α,β-unsaturated/α-hetero) is 1. The summed E-state index contributed by atoms with van der Waals surface area (Å²) in [5.74, 6) is 1.71. The Morgan fingerprint density at radius 2 is 1.86 bits per heavy atom. The highest BCUT2D eigenvalue weighted by Gasteiger charge is 2.64. The van der Waals surface area contributed by atoms with Crippen molar-refractivity contribution in [1.29, 1.82) is 0 Å².